The number of aromatic nitrogens is 2. The van der Waals surface area contributed by atoms with Crippen molar-refractivity contribution >= 4 is 23.0 Å². The van der Waals surface area contributed by atoms with E-state index in [-0.39, 0.29) is 12.0 Å². The van der Waals surface area contributed by atoms with Crippen molar-refractivity contribution < 1.29 is 14.3 Å². The highest BCUT2D eigenvalue weighted by Gasteiger charge is 2.24. The number of benzene rings is 1. The average molecular weight is 330 g/mol. The molecule has 2 amide bonds. The molecule has 24 heavy (non-hydrogen) atoms. The van der Waals surface area contributed by atoms with E-state index in [1.54, 1.807) is 16.7 Å². The molecule has 1 aromatic carbocycles. The van der Waals surface area contributed by atoms with Gasteiger partial charge in [-0.3, -0.25) is 4.79 Å². The summed E-state index contributed by atoms with van der Waals surface area (Å²) in [5, 5.41) is 0. The number of nitrogens with zero attached hydrogens (tertiary/aromatic N) is 3. The first-order chi connectivity index (χ1) is 11.6. The van der Waals surface area contributed by atoms with E-state index in [0.717, 1.165) is 22.4 Å². The molecule has 128 valence electrons. The maximum Gasteiger partial charge on any atom is 0.409 e. The molecular weight excluding hydrogens is 308 g/mol. The van der Waals surface area contributed by atoms with E-state index in [4.69, 9.17) is 4.74 Å². The van der Waals surface area contributed by atoms with E-state index in [2.05, 4.69) is 9.97 Å². The monoisotopic (exact) mass is 330 g/mol. The highest BCUT2D eigenvalue weighted by molar-refractivity contribution is 5.82. The van der Waals surface area contributed by atoms with Crippen LogP contribution in [0.25, 0.3) is 11.0 Å². The van der Waals surface area contributed by atoms with Crippen LogP contribution < -0.4 is 0 Å². The lowest BCUT2D eigenvalue weighted by atomic mass is 10.1. The number of aryl methyl sites for hydroxylation is 1. The Kier molecular flexibility index (Phi) is 4.69. The number of piperazine rings is 1. The summed E-state index contributed by atoms with van der Waals surface area (Å²) in [6, 6.07) is 5.84. The Bertz CT molecular complexity index is 747. The lowest BCUT2D eigenvalue weighted by Crippen LogP contribution is -2.51. The summed E-state index contributed by atoms with van der Waals surface area (Å²) in [6.07, 6.45) is 0.0533. The van der Waals surface area contributed by atoms with Crippen molar-refractivity contribution in [2.75, 3.05) is 32.8 Å². The largest absolute Gasteiger partial charge is 0.450 e. The lowest BCUT2D eigenvalue weighted by Gasteiger charge is -2.34. The predicted octanol–water partition coefficient (Wildman–Crippen LogP) is 1.71. The second kappa shape index (κ2) is 6.90. The molecule has 1 fully saturated rings. The minimum atomic E-state index is -0.301. The van der Waals surface area contributed by atoms with Gasteiger partial charge < -0.3 is 19.5 Å². The van der Waals surface area contributed by atoms with Crippen LogP contribution in [0.1, 0.15) is 18.3 Å². The zero-order chi connectivity index (χ0) is 17.1. The number of aromatic amines is 1. The van der Waals surface area contributed by atoms with Gasteiger partial charge >= 0.3 is 6.09 Å². The second-order valence-corrected chi connectivity index (χ2v) is 5.92. The molecule has 1 aliphatic heterocycles. The van der Waals surface area contributed by atoms with Crippen molar-refractivity contribution in [1.82, 2.24) is 19.8 Å². The van der Waals surface area contributed by atoms with Crippen molar-refractivity contribution in [3.8, 4) is 0 Å². The van der Waals surface area contributed by atoms with Gasteiger partial charge in [0.15, 0.2) is 0 Å². The van der Waals surface area contributed by atoms with Gasteiger partial charge in [-0.1, -0.05) is 6.07 Å². The van der Waals surface area contributed by atoms with Crippen LogP contribution in [-0.4, -0.2) is 64.6 Å². The molecule has 0 radical (unpaired) electrons. The average Bonchev–Trinajstić information content (AvgIpc) is 2.94. The van der Waals surface area contributed by atoms with E-state index < -0.39 is 0 Å². The van der Waals surface area contributed by atoms with Crippen LogP contribution in [0.3, 0.4) is 0 Å². The second-order valence-electron chi connectivity index (χ2n) is 5.92. The molecule has 0 unspecified atom stereocenters. The Morgan fingerprint density at radius 2 is 1.92 bits per heavy atom. The maximum atomic E-state index is 12.5. The van der Waals surface area contributed by atoms with Crippen molar-refractivity contribution in [3.63, 3.8) is 0 Å². The van der Waals surface area contributed by atoms with Crippen LogP contribution in [0.15, 0.2) is 18.2 Å². The fourth-order valence-electron chi connectivity index (χ4n) is 2.93. The minimum Gasteiger partial charge on any atom is -0.450 e. The molecule has 1 aliphatic rings. The highest BCUT2D eigenvalue weighted by Crippen LogP contribution is 2.15. The first kappa shape index (κ1) is 16.3. The highest BCUT2D eigenvalue weighted by atomic mass is 16.6. The van der Waals surface area contributed by atoms with Crippen LogP contribution in [0.2, 0.25) is 0 Å². The SMILES string of the molecule is CCOC(=O)N1CCN(C(=O)Cc2ccc3nc(C)[nH]c3c2)CC1. The van der Waals surface area contributed by atoms with Gasteiger partial charge in [0.05, 0.1) is 24.1 Å². The van der Waals surface area contributed by atoms with Gasteiger partial charge in [-0.2, -0.15) is 0 Å². The number of nitrogens with one attached hydrogen (secondary N) is 1. The van der Waals surface area contributed by atoms with Crippen molar-refractivity contribution in [3.05, 3.63) is 29.6 Å². The smallest absolute Gasteiger partial charge is 0.409 e. The molecule has 1 saturated heterocycles. The van der Waals surface area contributed by atoms with Crippen LogP contribution in [0.5, 0.6) is 0 Å². The summed E-state index contributed by atoms with van der Waals surface area (Å²) in [6.45, 7) is 6.19. The normalized spacial score (nSPS) is 14.9. The molecule has 0 atom stereocenters. The Morgan fingerprint density at radius 3 is 2.62 bits per heavy atom. The zero-order valence-electron chi connectivity index (χ0n) is 14.0. The van der Waals surface area contributed by atoms with Crippen LogP contribution >= 0.6 is 0 Å². The molecule has 3 rings (SSSR count). The Labute approximate surface area is 140 Å². The molecular formula is C17H22N4O3. The number of rotatable bonds is 3. The van der Waals surface area contributed by atoms with Crippen LogP contribution in [0.4, 0.5) is 4.79 Å². The van der Waals surface area contributed by atoms with E-state index in [1.165, 1.54) is 0 Å². The molecule has 2 aromatic rings. The fraction of sp³-hybridized carbons (Fsp3) is 0.471. The molecule has 0 bridgehead atoms. The fourth-order valence-corrected chi connectivity index (χ4v) is 2.93. The summed E-state index contributed by atoms with van der Waals surface area (Å²) in [5.74, 6) is 0.942. The standard InChI is InChI=1S/C17H22N4O3/c1-3-24-17(23)21-8-6-20(7-9-21)16(22)11-13-4-5-14-15(10-13)19-12(2)18-14/h4-5,10H,3,6-9,11H2,1-2H3,(H,18,19). The van der Waals surface area contributed by atoms with Crippen LogP contribution in [-0.2, 0) is 16.0 Å². The van der Waals surface area contributed by atoms with Gasteiger partial charge in [-0.05, 0) is 31.5 Å². The number of carbonyl (C=O) groups excluding carboxylic acids is 2. The Hall–Kier alpha value is -2.57. The van der Waals surface area contributed by atoms with Crippen molar-refractivity contribution in [2.24, 2.45) is 0 Å². The van der Waals surface area contributed by atoms with Crippen molar-refractivity contribution in [2.45, 2.75) is 20.3 Å². The number of carbonyl (C=O) groups is 2. The van der Waals surface area contributed by atoms with E-state index >= 15 is 0 Å². The third-order valence-electron chi connectivity index (χ3n) is 4.18. The Morgan fingerprint density at radius 1 is 1.21 bits per heavy atom. The quantitative estimate of drug-likeness (QED) is 0.929. The summed E-state index contributed by atoms with van der Waals surface area (Å²) in [4.78, 5) is 35.2. The van der Waals surface area contributed by atoms with Gasteiger partial charge in [0.1, 0.15) is 5.82 Å². The summed E-state index contributed by atoms with van der Waals surface area (Å²) >= 11 is 0. The third kappa shape index (κ3) is 3.50. The number of amides is 2. The molecule has 2 heterocycles. The molecule has 0 aliphatic carbocycles. The van der Waals surface area contributed by atoms with E-state index in [1.807, 2.05) is 25.1 Å². The van der Waals surface area contributed by atoms with Gasteiger partial charge in [-0.15, -0.1) is 0 Å². The van der Waals surface area contributed by atoms with E-state index in [9.17, 15) is 9.59 Å². The van der Waals surface area contributed by atoms with Crippen LogP contribution in [0, 0.1) is 6.92 Å². The predicted molar refractivity (Wildman–Crippen MR) is 89.7 cm³/mol. The third-order valence-corrected chi connectivity index (χ3v) is 4.18. The first-order valence-corrected chi connectivity index (χ1v) is 8.21. The zero-order valence-corrected chi connectivity index (χ0v) is 14.0. The molecule has 7 nitrogen and oxygen atoms in total. The lowest BCUT2D eigenvalue weighted by molar-refractivity contribution is -0.132. The summed E-state index contributed by atoms with van der Waals surface area (Å²) < 4.78 is 4.99. The van der Waals surface area contributed by atoms with Gasteiger partial charge in [0, 0.05) is 26.2 Å². The van der Waals surface area contributed by atoms with Crippen molar-refractivity contribution in [1.29, 1.82) is 0 Å². The number of ether oxygens (including phenoxy) is 1. The summed E-state index contributed by atoms with van der Waals surface area (Å²) in [7, 11) is 0. The molecule has 7 heteroatoms. The van der Waals surface area contributed by atoms with Gasteiger partial charge in [0.2, 0.25) is 5.91 Å². The van der Waals surface area contributed by atoms with E-state index in [0.29, 0.717) is 39.2 Å². The minimum absolute atomic E-state index is 0.0779. The molecule has 0 saturated carbocycles. The Balaban J connectivity index is 1.58. The molecule has 1 aromatic heterocycles. The number of hydrogen-bond acceptors (Lipinski definition) is 4. The van der Waals surface area contributed by atoms with Gasteiger partial charge in [-0.25, -0.2) is 9.78 Å². The number of H-pyrrole nitrogens is 1. The number of hydrogen-bond donors (Lipinski definition) is 1. The topological polar surface area (TPSA) is 78.5 Å². The number of fused-ring (bicyclic) bond motifs is 1. The maximum absolute atomic E-state index is 12.5. The number of imidazole rings is 1. The molecule has 0 spiro atoms. The van der Waals surface area contributed by atoms with Gasteiger partial charge in [0.25, 0.3) is 0 Å². The summed E-state index contributed by atoms with van der Waals surface area (Å²) in [5.41, 5.74) is 2.82. The molecule has 1 N–H and O–H groups in total. The first-order valence-electron chi connectivity index (χ1n) is 8.21.